The minimum atomic E-state index is 0.147. The van der Waals surface area contributed by atoms with Crippen LogP contribution in [0.4, 0.5) is 0 Å². The van der Waals surface area contributed by atoms with Gasteiger partial charge in [-0.2, -0.15) is 0 Å². The lowest BCUT2D eigenvalue weighted by Gasteiger charge is -2.19. The summed E-state index contributed by atoms with van der Waals surface area (Å²) in [5, 5.41) is 5.21. The van der Waals surface area contributed by atoms with E-state index in [0.717, 1.165) is 12.2 Å². The topological polar surface area (TPSA) is 54.9 Å². The van der Waals surface area contributed by atoms with Gasteiger partial charge in [0.2, 0.25) is 0 Å². The average Bonchev–Trinajstić information content (AvgIpc) is 2.54. The van der Waals surface area contributed by atoms with Gasteiger partial charge in [0.05, 0.1) is 13.2 Å². The Morgan fingerprint density at radius 1 is 1.24 bits per heavy atom. The van der Waals surface area contributed by atoms with E-state index in [2.05, 4.69) is 10.6 Å². The Kier molecular flexibility index (Phi) is 6.54. The minimum Gasteiger partial charge on any atom is -0.497 e. The van der Waals surface area contributed by atoms with Crippen molar-refractivity contribution in [2.45, 2.75) is 44.6 Å². The lowest BCUT2D eigenvalue weighted by atomic mass is 9.95. The highest BCUT2D eigenvalue weighted by atomic mass is 16.5. The van der Waals surface area contributed by atoms with Crippen molar-refractivity contribution in [1.29, 1.82) is 0 Å². The molecular formula is C17H27N2O2+. The summed E-state index contributed by atoms with van der Waals surface area (Å²) in [6.07, 6.45) is 7.39. The van der Waals surface area contributed by atoms with Crippen LogP contribution in [0.5, 0.6) is 5.75 Å². The average molecular weight is 291 g/mol. The third kappa shape index (κ3) is 5.76. The van der Waals surface area contributed by atoms with Crippen LogP contribution >= 0.6 is 0 Å². The predicted octanol–water partition coefficient (Wildman–Crippen LogP) is 1.25. The van der Waals surface area contributed by atoms with Gasteiger partial charge < -0.3 is 15.4 Å². The van der Waals surface area contributed by atoms with Crippen LogP contribution in [-0.2, 0) is 11.2 Å². The predicted molar refractivity (Wildman–Crippen MR) is 83.4 cm³/mol. The molecule has 1 aromatic rings. The smallest absolute Gasteiger partial charge is 0.275 e. The Labute approximate surface area is 127 Å². The molecule has 1 aliphatic rings. The van der Waals surface area contributed by atoms with E-state index < -0.39 is 0 Å². The summed E-state index contributed by atoms with van der Waals surface area (Å²) in [6, 6.07) is 8.64. The van der Waals surface area contributed by atoms with E-state index in [1.54, 1.807) is 7.11 Å². The molecule has 1 aliphatic carbocycles. The van der Waals surface area contributed by atoms with Crippen LogP contribution < -0.4 is 15.4 Å². The van der Waals surface area contributed by atoms with Crippen LogP contribution in [0.2, 0.25) is 0 Å². The zero-order chi connectivity index (χ0) is 14.9. The fraction of sp³-hybridized carbons (Fsp3) is 0.588. The number of amides is 1. The number of hydrogen-bond donors (Lipinski definition) is 2. The normalized spacial score (nSPS) is 15.7. The Bertz CT molecular complexity index is 425. The maximum absolute atomic E-state index is 11.8. The van der Waals surface area contributed by atoms with Crippen molar-refractivity contribution >= 4 is 5.91 Å². The van der Waals surface area contributed by atoms with Gasteiger partial charge in [-0.25, -0.2) is 0 Å². The molecule has 2 rings (SSSR count). The molecule has 1 amide bonds. The summed E-state index contributed by atoms with van der Waals surface area (Å²) in [7, 11) is 1.66. The maximum Gasteiger partial charge on any atom is 0.275 e. The number of quaternary nitrogens is 1. The second-order valence-electron chi connectivity index (χ2n) is 5.79. The molecule has 0 aliphatic heterocycles. The van der Waals surface area contributed by atoms with Crippen LogP contribution in [-0.4, -0.2) is 32.1 Å². The summed E-state index contributed by atoms with van der Waals surface area (Å²) in [4.78, 5) is 11.8. The standard InChI is InChI=1S/C17H26N2O2/c1-21-16-9-7-14(8-10-16)11-12-18-17(20)13-19-15-5-3-2-4-6-15/h7-10,15,19H,2-6,11-13H2,1H3,(H,18,20)/p+1. The Morgan fingerprint density at radius 2 is 1.95 bits per heavy atom. The van der Waals surface area contributed by atoms with Gasteiger partial charge in [-0.05, 0) is 49.8 Å². The highest BCUT2D eigenvalue weighted by molar-refractivity contribution is 5.76. The van der Waals surface area contributed by atoms with Crippen molar-refractivity contribution in [3.05, 3.63) is 29.8 Å². The molecule has 1 fully saturated rings. The molecule has 0 atom stereocenters. The Morgan fingerprint density at radius 3 is 2.62 bits per heavy atom. The maximum atomic E-state index is 11.8. The third-order valence-electron chi connectivity index (χ3n) is 4.18. The molecule has 1 aromatic carbocycles. The quantitative estimate of drug-likeness (QED) is 0.794. The molecule has 0 unspecified atom stereocenters. The molecule has 4 nitrogen and oxygen atoms in total. The van der Waals surface area contributed by atoms with Crippen LogP contribution in [0.3, 0.4) is 0 Å². The molecule has 116 valence electrons. The number of hydrogen-bond acceptors (Lipinski definition) is 2. The lowest BCUT2D eigenvalue weighted by molar-refractivity contribution is -0.681. The fourth-order valence-electron chi connectivity index (χ4n) is 2.85. The van der Waals surface area contributed by atoms with Crippen molar-refractivity contribution in [3.8, 4) is 5.75 Å². The number of nitrogens with two attached hydrogens (primary N) is 1. The molecule has 0 aromatic heterocycles. The summed E-state index contributed by atoms with van der Waals surface area (Å²) in [5.74, 6) is 1.01. The van der Waals surface area contributed by atoms with Crippen molar-refractivity contribution in [1.82, 2.24) is 5.32 Å². The number of carbonyl (C=O) groups excluding carboxylic acids is 1. The minimum absolute atomic E-state index is 0.147. The second kappa shape index (κ2) is 8.67. The number of nitrogens with one attached hydrogen (secondary N) is 1. The molecule has 0 spiro atoms. The lowest BCUT2D eigenvalue weighted by Crippen LogP contribution is -2.92. The van der Waals surface area contributed by atoms with Crippen molar-refractivity contribution in [2.75, 3.05) is 20.2 Å². The van der Waals surface area contributed by atoms with Gasteiger partial charge in [0.25, 0.3) is 5.91 Å². The molecule has 0 radical (unpaired) electrons. The van der Waals surface area contributed by atoms with Gasteiger partial charge in [-0.3, -0.25) is 4.79 Å². The van der Waals surface area contributed by atoms with Crippen molar-refractivity contribution in [2.24, 2.45) is 0 Å². The van der Waals surface area contributed by atoms with Crippen molar-refractivity contribution in [3.63, 3.8) is 0 Å². The van der Waals surface area contributed by atoms with Gasteiger partial charge >= 0.3 is 0 Å². The second-order valence-corrected chi connectivity index (χ2v) is 5.79. The molecular weight excluding hydrogens is 264 g/mol. The Balaban J connectivity index is 1.59. The molecule has 1 saturated carbocycles. The largest absolute Gasteiger partial charge is 0.497 e. The SMILES string of the molecule is COc1ccc(CCNC(=O)C[NH2+]C2CCCCC2)cc1. The van der Waals surface area contributed by atoms with Gasteiger partial charge in [0.1, 0.15) is 5.75 Å². The summed E-state index contributed by atoms with van der Waals surface area (Å²) in [5.41, 5.74) is 1.22. The van der Waals surface area contributed by atoms with E-state index in [4.69, 9.17) is 4.74 Å². The molecule has 21 heavy (non-hydrogen) atoms. The van der Waals surface area contributed by atoms with Crippen LogP contribution in [0, 0.1) is 0 Å². The zero-order valence-electron chi connectivity index (χ0n) is 12.9. The Hall–Kier alpha value is -1.55. The number of methoxy groups -OCH3 is 1. The monoisotopic (exact) mass is 291 g/mol. The van der Waals surface area contributed by atoms with E-state index >= 15 is 0 Å². The number of rotatable bonds is 7. The first kappa shape index (κ1) is 15.8. The first-order valence-corrected chi connectivity index (χ1v) is 8.01. The van der Waals surface area contributed by atoms with E-state index in [1.165, 1.54) is 37.7 Å². The van der Waals surface area contributed by atoms with Crippen molar-refractivity contribution < 1.29 is 14.8 Å². The summed E-state index contributed by atoms with van der Waals surface area (Å²) >= 11 is 0. The highest BCUT2D eigenvalue weighted by Crippen LogP contribution is 2.14. The molecule has 4 heteroatoms. The molecule has 0 bridgehead atoms. The first-order valence-electron chi connectivity index (χ1n) is 8.01. The number of benzene rings is 1. The molecule has 0 heterocycles. The molecule has 0 saturated heterocycles. The zero-order valence-corrected chi connectivity index (χ0v) is 12.9. The van der Waals surface area contributed by atoms with E-state index in [9.17, 15) is 4.79 Å². The van der Waals surface area contributed by atoms with Crippen LogP contribution in [0.15, 0.2) is 24.3 Å². The van der Waals surface area contributed by atoms with Crippen LogP contribution in [0.25, 0.3) is 0 Å². The third-order valence-corrected chi connectivity index (χ3v) is 4.18. The first-order chi connectivity index (χ1) is 10.3. The molecule has 3 N–H and O–H groups in total. The fourth-order valence-corrected chi connectivity index (χ4v) is 2.85. The van der Waals surface area contributed by atoms with Gasteiger partial charge in [-0.15, -0.1) is 0 Å². The van der Waals surface area contributed by atoms with E-state index in [-0.39, 0.29) is 5.91 Å². The van der Waals surface area contributed by atoms with Gasteiger partial charge in [0.15, 0.2) is 6.54 Å². The summed E-state index contributed by atoms with van der Waals surface area (Å²) < 4.78 is 5.13. The number of ether oxygens (including phenoxy) is 1. The van der Waals surface area contributed by atoms with E-state index in [1.807, 2.05) is 24.3 Å². The highest BCUT2D eigenvalue weighted by Gasteiger charge is 2.16. The van der Waals surface area contributed by atoms with Gasteiger partial charge in [-0.1, -0.05) is 18.6 Å². The van der Waals surface area contributed by atoms with Crippen LogP contribution in [0.1, 0.15) is 37.7 Å². The summed E-state index contributed by atoms with van der Waals surface area (Å²) in [6.45, 7) is 1.26. The number of carbonyl (C=O) groups is 1. The van der Waals surface area contributed by atoms with Gasteiger partial charge in [0, 0.05) is 6.54 Å². The van der Waals surface area contributed by atoms with E-state index in [0.29, 0.717) is 19.1 Å².